The Bertz CT molecular complexity index is 1320. The van der Waals surface area contributed by atoms with Gasteiger partial charge in [-0.05, 0) is 42.0 Å². The van der Waals surface area contributed by atoms with E-state index >= 15 is 0 Å². The smallest absolute Gasteiger partial charge is 0.248 e. The number of aromatic nitrogens is 3. The summed E-state index contributed by atoms with van der Waals surface area (Å²) in [5.41, 5.74) is 6.49. The molecule has 0 bridgehead atoms. The Kier molecular flexibility index (Phi) is 7.43. The molecule has 1 saturated heterocycles. The normalized spacial score (nSPS) is 21.8. The van der Waals surface area contributed by atoms with Crippen molar-refractivity contribution in [3.63, 3.8) is 0 Å². The highest BCUT2D eigenvalue weighted by atomic mass is 19.3. The molecule has 2 amide bonds. The van der Waals surface area contributed by atoms with Crippen LogP contribution in [-0.2, 0) is 17.8 Å². The van der Waals surface area contributed by atoms with Gasteiger partial charge in [0.25, 0.3) is 0 Å². The van der Waals surface area contributed by atoms with Crippen LogP contribution in [0.3, 0.4) is 0 Å². The first kappa shape index (κ1) is 26.9. The number of hydrogen-bond acceptors (Lipinski definition) is 7. The van der Waals surface area contributed by atoms with Gasteiger partial charge in [-0.3, -0.25) is 14.5 Å². The number of amides is 2. The molecule has 12 heteroatoms. The lowest BCUT2D eigenvalue weighted by atomic mass is 10.00. The first-order valence-corrected chi connectivity index (χ1v) is 12.7. The summed E-state index contributed by atoms with van der Waals surface area (Å²) in [4.78, 5) is 31.4. The zero-order chi connectivity index (χ0) is 27.7. The number of benzene rings is 1. The second kappa shape index (κ2) is 10.8. The molecule has 1 aliphatic heterocycles. The van der Waals surface area contributed by atoms with Gasteiger partial charge >= 0.3 is 0 Å². The summed E-state index contributed by atoms with van der Waals surface area (Å²) in [6.45, 7) is 1.62. The molecule has 206 valence electrons. The fraction of sp³-hybridized carbons (Fsp3) is 0.407. The summed E-state index contributed by atoms with van der Waals surface area (Å²) in [5, 5.41) is 28.2. The van der Waals surface area contributed by atoms with E-state index < -0.39 is 29.9 Å². The van der Waals surface area contributed by atoms with E-state index in [1.165, 1.54) is 23.0 Å². The first-order valence-electron chi connectivity index (χ1n) is 12.7. The van der Waals surface area contributed by atoms with Gasteiger partial charge in [-0.15, -0.1) is 0 Å². The summed E-state index contributed by atoms with van der Waals surface area (Å²) in [5.74, 6) is -4.66. The van der Waals surface area contributed by atoms with E-state index in [-0.39, 0.29) is 47.5 Å². The second-order valence-corrected chi connectivity index (χ2v) is 10.3. The molecule has 1 aliphatic carbocycles. The number of carbonyl (C=O) groups is 2. The van der Waals surface area contributed by atoms with E-state index in [0.29, 0.717) is 30.9 Å². The lowest BCUT2D eigenvalue weighted by Gasteiger charge is -2.39. The second-order valence-electron chi connectivity index (χ2n) is 10.3. The third-order valence-electron chi connectivity index (χ3n) is 7.48. The molecule has 5 rings (SSSR count). The van der Waals surface area contributed by atoms with Crippen LogP contribution in [0.15, 0.2) is 60.9 Å². The number of hydroxylamine groups is 2. The Labute approximate surface area is 223 Å². The van der Waals surface area contributed by atoms with Crippen molar-refractivity contribution in [2.75, 3.05) is 13.1 Å². The number of aliphatic hydroxyl groups is 1. The molecule has 3 heterocycles. The number of fused-ring (bicyclic) bond motifs is 1. The highest BCUT2D eigenvalue weighted by molar-refractivity contribution is 5.98. The van der Waals surface area contributed by atoms with Gasteiger partial charge in [-0.2, -0.15) is 5.10 Å². The van der Waals surface area contributed by atoms with Crippen LogP contribution in [-0.4, -0.2) is 72.8 Å². The van der Waals surface area contributed by atoms with Crippen LogP contribution >= 0.6 is 0 Å². The molecular formula is C27H29F2N6O4-. The summed E-state index contributed by atoms with van der Waals surface area (Å²) in [6.07, 6.45) is 0.916. The van der Waals surface area contributed by atoms with E-state index in [1.807, 2.05) is 0 Å². The van der Waals surface area contributed by atoms with Crippen molar-refractivity contribution in [1.82, 2.24) is 24.7 Å². The Morgan fingerprint density at radius 3 is 2.49 bits per heavy atom. The molecule has 1 saturated carbocycles. The minimum atomic E-state index is -2.58. The number of nitrogens with zero attached hydrogens (tertiary/aromatic N) is 5. The molecule has 2 fully saturated rings. The molecule has 1 aromatic carbocycles. The zero-order valence-electron chi connectivity index (χ0n) is 21.1. The molecule has 4 unspecified atom stereocenters. The van der Waals surface area contributed by atoms with Crippen LogP contribution in [0.1, 0.15) is 34.5 Å². The predicted molar refractivity (Wildman–Crippen MR) is 136 cm³/mol. The van der Waals surface area contributed by atoms with Gasteiger partial charge < -0.3 is 21.1 Å². The largest absolute Gasteiger partial charge is 0.756 e. The number of pyridine rings is 1. The summed E-state index contributed by atoms with van der Waals surface area (Å²) >= 11 is 0. The van der Waals surface area contributed by atoms with Gasteiger partial charge in [0.15, 0.2) is 11.9 Å². The number of carbonyl (C=O) groups excluding carboxylic acids is 2. The van der Waals surface area contributed by atoms with Crippen LogP contribution in [0.2, 0.25) is 0 Å². The number of rotatable bonds is 9. The Balaban J connectivity index is 1.33. The fourth-order valence-corrected chi connectivity index (χ4v) is 5.65. The quantitative estimate of drug-likeness (QED) is 0.397. The topological polar surface area (TPSA) is 141 Å². The van der Waals surface area contributed by atoms with Crippen LogP contribution < -0.4 is 5.73 Å². The van der Waals surface area contributed by atoms with Crippen LogP contribution in [0.5, 0.6) is 0 Å². The maximum atomic E-state index is 13.7. The maximum absolute atomic E-state index is 13.7. The molecule has 39 heavy (non-hydrogen) atoms. The van der Waals surface area contributed by atoms with Crippen LogP contribution in [0.25, 0.3) is 5.82 Å². The van der Waals surface area contributed by atoms with Gasteiger partial charge in [0.05, 0.1) is 17.3 Å². The van der Waals surface area contributed by atoms with Gasteiger partial charge in [0.2, 0.25) is 17.7 Å². The number of alkyl halides is 2. The predicted octanol–water partition coefficient (Wildman–Crippen LogP) is 2.14. The van der Waals surface area contributed by atoms with Gasteiger partial charge in [0.1, 0.15) is 0 Å². The molecule has 2 aliphatic rings. The SMILES string of the molecule is NC(=O)C(O)C(Cc1ccccc1)N([O-])C(=O)c1cccnc1-n1ccc(CN2CC3CC(F)(F)CC3C2)n1. The summed E-state index contributed by atoms with van der Waals surface area (Å²) in [6, 6.07) is 11.8. The average Bonchev–Trinajstić information content (AvgIpc) is 3.59. The van der Waals surface area contributed by atoms with Gasteiger partial charge in [-0.1, -0.05) is 30.3 Å². The number of likely N-dealkylation sites (tertiary alicyclic amines) is 1. The lowest BCUT2D eigenvalue weighted by Crippen LogP contribution is -2.50. The third kappa shape index (κ3) is 5.82. The van der Waals surface area contributed by atoms with Crippen molar-refractivity contribution >= 4 is 11.8 Å². The number of aliphatic hydroxyl groups excluding tert-OH is 1. The van der Waals surface area contributed by atoms with Gasteiger partial charge in [-0.25, -0.2) is 18.4 Å². The molecule has 0 radical (unpaired) electrons. The summed E-state index contributed by atoms with van der Waals surface area (Å²) in [7, 11) is 0. The monoisotopic (exact) mass is 539 g/mol. The van der Waals surface area contributed by atoms with E-state index in [2.05, 4.69) is 15.0 Å². The molecule has 3 N–H and O–H groups in total. The maximum Gasteiger partial charge on any atom is 0.248 e. The summed E-state index contributed by atoms with van der Waals surface area (Å²) < 4.78 is 28.7. The van der Waals surface area contributed by atoms with Crippen molar-refractivity contribution in [2.24, 2.45) is 17.6 Å². The van der Waals surface area contributed by atoms with Gasteiger partial charge in [0, 0.05) is 44.9 Å². The Hall–Kier alpha value is -3.74. The number of nitrogens with two attached hydrogens (primary N) is 1. The molecular weight excluding hydrogens is 510 g/mol. The van der Waals surface area contributed by atoms with E-state index in [1.54, 1.807) is 42.6 Å². The minimum absolute atomic E-state index is 0.0234. The zero-order valence-corrected chi connectivity index (χ0v) is 21.1. The van der Waals surface area contributed by atoms with Crippen molar-refractivity contribution in [3.05, 3.63) is 83.0 Å². The average molecular weight is 540 g/mol. The molecule has 4 atom stereocenters. The van der Waals surface area contributed by atoms with Crippen molar-refractivity contribution in [1.29, 1.82) is 0 Å². The highest BCUT2D eigenvalue weighted by Crippen LogP contribution is 2.46. The third-order valence-corrected chi connectivity index (χ3v) is 7.48. The number of primary amides is 1. The standard InChI is InChI=1S/C27H29F2N6O4/c28-27(29)12-18-14-33(15-19(18)13-27)16-20-8-10-34(32-20)25-21(7-4-9-31-25)26(38)35(39)22(23(36)24(30)37)11-17-5-2-1-3-6-17/h1-10,18-19,22-23,36H,11-16H2,(H2,30,37)/q-1. The van der Waals surface area contributed by atoms with Crippen molar-refractivity contribution in [3.8, 4) is 5.82 Å². The molecule has 0 spiro atoms. The molecule has 10 nitrogen and oxygen atoms in total. The van der Waals surface area contributed by atoms with Crippen molar-refractivity contribution in [2.45, 2.75) is 43.9 Å². The lowest BCUT2D eigenvalue weighted by molar-refractivity contribution is -0.128. The Morgan fingerprint density at radius 2 is 1.82 bits per heavy atom. The molecule has 3 aromatic rings. The van der Waals surface area contributed by atoms with Crippen LogP contribution in [0.4, 0.5) is 8.78 Å². The Morgan fingerprint density at radius 1 is 1.13 bits per heavy atom. The first-order chi connectivity index (χ1) is 18.6. The van der Waals surface area contributed by atoms with Crippen LogP contribution in [0, 0.1) is 17.0 Å². The number of hydrogen-bond donors (Lipinski definition) is 2. The number of halogens is 2. The minimum Gasteiger partial charge on any atom is -0.756 e. The van der Waals surface area contributed by atoms with Crippen molar-refractivity contribution < 1.29 is 23.5 Å². The molecule has 2 aromatic heterocycles. The van der Waals surface area contributed by atoms with E-state index in [4.69, 9.17) is 5.73 Å². The van der Waals surface area contributed by atoms with E-state index in [9.17, 15) is 28.7 Å². The highest BCUT2D eigenvalue weighted by Gasteiger charge is 2.50. The fourth-order valence-electron chi connectivity index (χ4n) is 5.65. The van der Waals surface area contributed by atoms with E-state index in [0.717, 1.165) is 0 Å².